The summed E-state index contributed by atoms with van der Waals surface area (Å²) in [7, 11) is 3.21. The molecule has 0 saturated carbocycles. The number of nitrogens with zero attached hydrogens (tertiary/aromatic N) is 3. The lowest BCUT2D eigenvalue weighted by Gasteiger charge is -2.11. The smallest absolute Gasteiger partial charge is 0.344 e. The number of benzene rings is 2. The van der Waals surface area contributed by atoms with Crippen LogP contribution in [-0.2, 0) is 17.7 Å². The molecule has 2 aromatic heterocycles. The molecule has 4 aromatic rings. The number of esters is 1. The molecule has 0 aliphatic heterocycles. The lowest BCUT2D eigenvalue weighted by Crippen LogP contribution is -2.14. The first-order chi connectivity index (χ1) is 15.4. The molecule has 8 nitrogen and oxygen atoms in total. The van der Waals surface area contributed by atoms with Crippen molar-refractivity contribution >= 4 is 34.0 Å². The van der Waals surface area contributed by atoms with Crippen molar-refractivity contribution in [1.29, 1.82) is 0 Å². The number of carbonyl (C=O) groups is 1. The Morgan fingerprint density at radius 1 is 1.03 bits per heavy atom. The molecule has 2 heterocycles. The predicted molar refractivity (Wildman–Crippen MR) is 123 cm³/mol. The third-order valence-electron chi connectivity index (χ3n) is 5.21. The van der Waals surface area contributed by atoms with E-state index in [9.17, 15) is 4.79 Å². The van der Waals surface area contributed by atoms with E-state index in [-0.39, 0.29) is 11.7 Å². The van der Waals surface area contributed by atoms with E-state index in [4.69, 9.17) is 29.9 Å². The molecule has 0 fully saturated rings. The molecule has 166 valence electrons. The molecule has 0 atom stereocenters. The summed E-state index contributed by atoms with van der Waals surface area (Å²) in [4.78, 5) is 22.3. The SMILES string of the molecule is COc1ccc(CCn2c(N)c(C(=O)OC(C)C)c3nc4ccccc4nc32)cc1OC. The number of methoxy groups -OCH3 is 2. The van der Waals surface area contributed by atoms with E-state index in [2.05, 4.69) is 0 Å². The minimum Gasteiger partial charge on any atom is -0.493 e. The van der Waals surface area contributed by atoms with Gasteiger partial charge in [-0.05, 0) is 50.1 Å². The van der Waals surface area contributed by atoms with Gasteiger partial charge < -0.3 is 24.5 Å². The standard InChI is InChI=1S/C24H26N4O4/c1-14(2)32-24(29)20-21-23(27-17-8-6-5-7-16(17)26-21)28(22(20)25)12-11-15-9-10-18(30-3)19(13-15)31-4/h5-10,13-14H,11-12,25H2,1-4H3. The Bertz CT molecular complexity index is 1300. The van der Waals surface area contributed by atoms with Gasteiger partial charge in [0.2, 0.25) is 0 Å². The van der Waals surface area contributed by atoms with Gasteiger partial charge in [0, 0.05) is 6.54 Å². The summed E-state index contributed by atoms with van der Waals surface area (Å²) < 4.78 is 18.0. The van der Waals surface area contributed by atoms with Gasteiger partial charge in [-0.25, -0.2) is 14.8 Å². The van der Waals surface area contributed by atoms with Gasteiger partial charge in [0.15, 0.2) is 17.1 Å². The highest BCUT2D eigenvalue weighted by Gasteiger charge is 2.25. The second-order valence-corrected chi connectivity index (χ2v) is 7.69. The van der Waals surface area contributed by atoms with Gasteiger partial charge in [-0.2, -0.15) is 0 Å². The number of nitrogen functional groups attached to an aromatic ring is 1. The minimum atomic E-state index is -0.503. The Morgan fingerprint density at radius 2 is 1.72 bits per heavy atom. The van der Waals surface area contributed by atoms with Crippen LogP contribution in [0.25, 0.3) is 22.2 Å². The van der Waals surface area contributed by atoms with Crippen LogP contribution in [0.1, 0.15) is 29.8 Å². The van der Waals surface area contributed by atoms with Crippen LogP contribution in [0.2, 0.25) is 0 Å². The maximum absolute atomic E-state index is 12.9. The summed E-state index contributed by atoms with van der Waals surface area (Å²) >= 11 is 0. The van der Waals surface area contributed by atoms with Crippen molar-refractivity contribution in [2.24, 2.45) is 0 Å². The predicted octanol–water partition coefficient (Wildman–Crippen LogP) is 3.99. The molecule has 0 aliphatic rings. The molecular formula is C24H26N4O4. The highest BCUT2D eigenvalue weighted by molar-refractivity contribution is 6.08. The van der Waals surface area contributed by atoms with Gasteiger partial charge in [-0.1, -0.05) is 18.2 Å². The van der Waals surface area contributed by atoms with Crippen molar-refractivity contribution in [3.8, 4) is 11.5 Å². The summed E-state index contributed by atoms with van der Waals surface area (Å²) in [5.41, 5.74) is 10.2. The van der Waals surface area contributed by atoms with E-state index in [1.54, 1.807) is 28.1 Å². The lowest BCUT2D eigenvalue weighted by molar-refractivity contribution is 0.0381. The molecule has 0 aliphatic carbocycles. The van der Waals surface area contributed by atoms with Gasteiger partial charge in [0.25, 0.3) is 0 Å². The molecule has 0 bridgehead atoms. The van der Waals surface area contributed by atoms with Crippen molar-refractivity contribution in [3.05, 3.63) is 53.6 Å². The Hall–Kier alpha value is -3.81. The Kier molecular flexibility index (Phi) is 5.85. The molecule has 0 unspecified atom stereocenters. The van der Waals surface area contributed by atoms with E-state index in [1.807, 2.05) is 47.0 Å². The first-order valence-corrected chi connectivity index (χ1v) is 10.4. The van der Waals surface area contributed by atoms with Crippen LogP contribution in [0.5, 0.6) is 11.5 Å². The third kappa shape index (κ3) is 3.91. The number of fused-ring (bicyclic) bond motifs is 2. The number of nitrogens with two attached hydrogens (primary N) is 1. The van der Waals surface area contributed by atoms with E-state index in [0.717, 1.165) is 11.1 Å². The van der Waals surface area contributed by atoms with Crippen LogP contribution in [0.15, 0.2) is 42.5 Å². The first-order valence-electron chi connectivity index (χ1n) is 10.4. The molecule has 0 radical (unpaired) electrons. The van der Waals surface area contributed by atoms with Gasteiger partial charge in [-0.3, -0.25) is 0 Å². The third-order valence-corrected chi connectivity index (χ3v) is 5.21. The monoisotopic (exact) mass is 434 g/mol. The Morgan fingerprint density at radius 3 is 2.38 bits per heavy atom. The van der Waals surface area contributed by atoms with E-state index < -0.39 is 5.97 Å². The average Bonchev–Trinajstić information content (AvgIpc) is 3.05. The van der Waals surface area contributed by atoms with Crippen LogP contribution < -0.4 is 15.2 Å². The number of para-hydroxylation sites is 2. The summed E-state index contributed by atoms with van der Waals surface area (Å²) in [5, 5.41) is 0. The highest BCUT2D eigenvalue weighted by Crippen LogP contribution is 2.31. The molecule has 2 aromatic carbocycles. The molecule has 0 amide bonds. The van der Waals surface area contributed by atoms with Crippen LogP contribution in [-0.4, -0.2) is 40.8 Å². The summed E-state index contributed by atoms with van der Waals surface area (Å²) in [6, 6.07) is 13.3. The molecule has 8 heteroatoms. The summed E-state index contributed by atoms with van der Waals surface area (Å²) in [6.45, 7) is 4.09. The quantitative estimate of drug-likeness (QED) is 0.439. The van der Waals surface area contributed by atoms with Crippen molar-refractivity contribution in [3.63, 3.8) is 0 Å². The van der Waals surface area contributed by atoms with Crippen LogP contribution in [0.3, 0.4) is 0 Å². The summed E-state index contributed by atoms with van der Waals surface area (Å²) in [6.07, 6.45) is 0.363. The fraction of sp³-hybridized carbons (Fsp3) is 0.292. The highest BCUT2D eigenvalue weighted by atomic mass is 16.5. The van der Waals surface area contributed by atoms with Crippen molar-refractivity contribution in [1.82, 2.24) is 14.5 Å². The zero-order valence-corrected chi connectivity index (χ0v) is 18.6. The maximum Gasteiger partial charge on any atom is 0.344 e. The molecule has 4 rings (SSSR count). The van der Waals surface area contributed by atoms with Crippen molar-refractivity contribution in [2.75, 3.05) is 20.0 Å². The topological polar surface area (TPSA) is 101 Å². The number of hydrogen-bond acceptors (Lipinski definition) is 7. The van der Waals surface area contributed by atoms with Crippen LogP contribution in [0.4, 0.5) is 5.82 Å². The summed E-state index contributed by atoms with van der Waals surface area (Å²) in [5.74, 6) is 1.11. The fourth-order valence-corrected chi connectivity index (χ4v) is 3.69. The van der Waals surface area contributed by atoms with Gasteiger partial charge in [0.05, 0.1) is 31.4 Å². The van der Waals surface area contributed by atoms with Gasteiger partial charge >= 0.3 is 5.97 Å². The number of anilines is 1. The molecule has 0 saturated heterocycles. The molecular weight excluding hydrogens is 408 g/mol. The molecule has 0 spiro atoms. The second-order valence-electron chi connectivity index (χ2n) is 7.69. The number of ether oxygens (including phenoxy) is 3. The van der Waals surface area contributed by atoms with Gasteiger partial charge in [-0.15, -0.1) is 0 Å². The minimum absolute atomic E-state index is 0.249. The number of aryl methyl sites for hydroxylation is 2. The van der Waals surface area contributed by atoms with Crippen molar-refractivity contribution in [2.45, 2.75) is 32.9 Å². The fourth-order valence-electron chi connectivity index (χ4n) is 3.69. The Balaban J connectivity index is 1.79. The van der Waals surface area contributed by atoms with Gasteiger partial charge in [0.1, 0.15) is 16.9 Å². The van der Waals surface area contributed by atoms with Crippen LogP contribution in [0, 0.1) is 0 Å². The zero-order chi connectivity index (χ0) is 22.8. The number of hydrogen-bond donors (Lipinski definition) is 1. The number of carbonyl (C=O) groups excluding carboxylic acids is 1. The molecule has 32 heavy (non-hydrogen) atoms. The Labute approximate surface area is 185 Å². The lowest BCUT2D eigenvalue weighted by atomic mass is 10.1. The molecule has 2 N–H and O–H groups in total. The normalized spacial score (nSPS) is 11.3. The maximum atomic E-state index is 12.9. The van der Waals surface area contributed by atoms with E-state index >= 15 is 0 Å². The zero-order valence-electron chi connectivity index (χ0n) is 18.6. The second kappa shape index (κ2) is 8.74. The largest absolute Gasteiger partial charge is 0.493 e. The van der Waals surface area contributed by atoms with Crippen molar-refractivity contribution < 1.29 is 19.0 Å². The number of aromatic nitrogens is 3. The average molecular weight is 434 g/mol. The first kappa shape index (κ1) is 21.4. The van der Waals surface area contributed by atoms with Crippen LogP contribution >= 0.6 is 0 Å². The number of rotatable bonds is 7. The van der Waals surface area contributed by atoms with E-state index in [1.165, 1.54) is 0 Å². The van der Waals surface area contributed by atoms with E-state index in [0.29, 0.717) is 47.0 Å².